The van der Waals surface area contributed by atoms with E-state index in [4.69, 9.17) is 4.74 Å². The minimum absolute atomic E-state index is 0.00519. The maximum atomic E-state index is 11.9. The summed E-state index contributed by atoms with van der Waals surface area (Å²) in [6.07, 6.45) is 1.72. The van der Waals surface area contributed by atoms with Crippen LogP contribution in [-0.2, 0) is 14.8 Å². The Labute approximate surface area is 118 Å². The van der Waals surface area contributed by atoms with Crippen molar-refractivity contribution in [2.75, 3.05) is 13.7 Å². The molecule has 1 rings (SSSR count). The minimum atomic E-state index is -3.52. The van der Waals surface area contributed by atoms with Crippen LogP contribution in [-0.4, -0.2) is 28.0 Å². The van der Waals surface area contributed by atoms with Gasteiger partial charge < -0.3 is 14.6 Å². The van der Waals surface area contributed by atoms with E-state index in [1.807, 2.05) is 0 Å². The van der Waals surface area contributed by atoms with E-state index in [2.05, 4.69) is 4.72 Å². The predicted octanol–water partition coefficient (Wildman–Crippen LogP) is 0.284. The highest BCUT2D eigenvalue weighted by Crippen LogP contribution is 2.15. The van der Waals surface area contributed by atoms with Gasteiger partial charge in [0.15, 0.2) is 0 Å². The van der Waals surface area contributed by atoms with Gasteiger partial charge in [-0.05, 0) is 43.5 Å². The Hall–Kier alpha value is -1.60. The molecule has 0 fully saturated rings. The highest BCUT2D eigenvalue weighted by molar-refractivity contribution is 7.89. The fourth-order valence-electron chi connectivity index (χ4n) is 1.62. The zero-order valence-corrected chi connectivity index (χ0v) is 12.1. The molecule has 0 bridgehead atoms. The van der Waals surface area contributed by atoms with Crippen molar-refractivity contribution in [3.8, 4) is 5.75 Å². The number of aliphatic carboxylic acids is 1. The van der Waals surface area contributed by atoms with Gasteiger partial charge in [-0.1, -0.05) is 6.42 Å². The Balaban J connectivity index is 2.39. The van der Waals surface area contributed by atoms with Crippen molar-refractivity contribution in [2.45, 2.75) is 30.6 Å². The summed E-state index contributed by atoms with van der Waals surface area (Å²) in [6, 6.07) is 6.09. The molecule has 0 aliphatic rings. The van der Waals surface area contributed by atoms with Crippen LogP contribution in [0.1, 0.15) is 25.7 Å². The van der Waals surface area contributed by atoms with Crippen molar-refractivity contribution in [1.82, 2.24) is 4.72 Å². The minimum Gasteiger partial charge on any atom is -0.550 e. The van der Waals surface area contributed by atoms with Gasteiger partial charge in [0, 0.05) is 12.5 Å². The summed E-state index contributed by atoms with van der Waals surface area (Å²) >= 11 is 0. The zero-order valence-electron chi connectivity index (χ0n) is 11.3. The molecule has 6 nitrogen and oxygen atoms in total. The molecular formula is C13H18NO5S-. The largest absolute Gasteiger partial charge is 0.550 e. The van der Waals surface area contributed by atoms with Crippen molar-refractivity contribution in [2.24, 2.45) is 0 Å². The monoisotopic (exact) mass is 300 g/mol. The average Bonchev–Trinajstić information content (AvgIpc) is 2.42. The van der Waals surface area contributed by atoms with Crippen LogP contribution in [0.2, 0.25) is 0 Å². The molecule has 0 unspecified atom stereocenters. The second-order valence-electron chi connectivity index (χ2n) is 4.26. The lowest BCUT2D eigenvalue weighted by atomic mass is 10.2. The SMILES string of the molecule is COc1ccc(S(=O)(=O)NCCCCCC(=O)[O-])cc1. The Morgan fingerprint density at radius 3 is 2.40 bits per heavy atom. The number of rotatable bonds is 9. The van der Waals surface area contributed by atoms with Gasteiger partial charge in [0.2, 0.25) is 10.0 Å². The number of carboxylic acids is 1. The van der Waals surface area contributed by atoms with E-state index in [0.717, 1.165) is 0 Å². The molecule has 0 aliphatic carbocycles. The third kappa shape index (κ3) is 5.58. The van der Waals surface area contributed by atoms with E-state index in [-0.39, 0.29) is 17.9 Å². The molecule has 0 radical (unpaired) electrons. The van der Waals surface area contributed by atoms with E-state index in [1.54, 1.807) is 12.1 Å². The summed E-state index contributed by atoms with van der Waals surface area (Å²) in [5.41, 5.74) is 0. The number of hydrogen-bond acceptors (Lipinski definition) is 5. The van der Waals surface area contributed by atoms with Crippen LogP contribution in [0.15, 0.2) is 29.2 Å². The second-order valence-corrected chi connectivity index (χ2v) is 6.02. The van der Waals surface area contributed by atoms with Gasteiger partial charge in [0.25, 0.3) is 0 Å². The highest BCUT2D eigenvalue weighted by atomic mass is 32.2. The molecule has 0 amide bonds. The summed E-state index contributed by atoms with van der Waals surface area (Å²) in [4.78, 5) is 10.4. The Bertz CT molecular complexity index is 524. The molecule has 20 heavy (non-hydrogen) atoms. The molecule has 0 saturated carbocycles. The number of sulfonamides is 1. The first-order valence-corrected chi connectivity index (χ1v) is 7.77. The summed E-state index contributed by atoms with van der Waals surface area (Å²) in [6.45, 7) is 0.279. The third-order valence-corrected chi connectivity index (χ3v) is 4.20. The second kappa shape index (κ2) is 7.86. The summed E-state index contributed by atoms with van der Waals surface area (Å²) in [5, 5.41) is 10.2. The zero-order chi connectivity index (χ0) is 15.0. The fraction of sp³-hybridized carbons (Fsp3) is 0.462. The number of carbonyl (C=O) groups is 1. The van der Waals surface area contributed by atoms with Crippen LogP contribution < -0.4 is 14.6 Å². The first-order chi connectivity index (χ1) is 9.45. The van der Waals surface area contributed by atoms with Crippen molar-refractivity contribution in [3.05, 3.63) is 24.3 Å². The van der Waals surface area contributed by atoms with Crippen molar-refractivity contribution in [3.63, 3.8) is 0 Å². The number of methoxy groups -OCH3 is 1. The molecule has 0 atom stereocenters. The van der Waals surface area contributed by atoms with Gasteiger partial charge in [-0.3, -0.25) is 0 Å². The quantitative estimate of drug-likeness (QED) is 0.661. The fourth-order valence-corrected chi connectivity index (χ4v) is 2.69. The molecule has 112 valence electrons. The van der Waals surface area contributed by atoms with Gasteiger partial charge in [-0.25, -0.2) is 13.1 Å². The van der Waals surface area contributed by atoms with Crippen molar-refractivity contribution >= 4 is 16.0 Å². The molecule has 0 aromatic heterocycles. The molecule has 0 spiro atoms. The summed E-state index contributed by atoms with van der Waals surface area (Å²) < 4.78 is 31.3. The highest BCUT2D eigenvalue weighted by Gasteiger charge is 2.12. The molecule has 1 aromatic rings. The maximum absolute atomic E-state index is 11.9. The number of hydrogen-bond donors (Lipinski definition) is 1. The number of nitrogens with one attached hydrogen (secondary N) is 1. The average molecular weight is 300 g/mol. The van der Waals surface area contributed by atoms with Crippen LogP contribution in [0.4, 0.5) is 0 Å². The van der Waals surface area contributed by atoms with E-state index in [1.165, 1.54) is 19.2 Å². The van der Waals surface area contributed by atoms with E-state index in [0.29, 0.717) is 25.0 Å². The lowest BCUT2D eigenvalue weighted by Gasteiger charge is -2.07. The molecular weight excluding hydrogens is 282 g/mol. The smallest absolute Gasteiger partial charge is 0.240 e. The van der Waals surface area contributed by atoms with Gasteiger partial charge >= 0.3 is 0 Å². The number of unbranched alkanes of at least 4 members (excludes halogenated alkanes) is 2. The number of carboxylic acid groups (broad SMARTS) is 1. The van der Waals surface area contributed by atoms with Gasteiger partial charge in [-0.2, -0.15) is 0 Å². The molecule has 0 aliphatic heterocycles. The van der Waals surface area contributed by atoms with Crippen LogP contribution in [0.3, 0.4) is 0 Å². The maximum Gasteiger partial charge on any atom is 0.240 e. The number of ether oxygens (including phenoxy) is 1. The summed E-state index contributed by atoms with van der Waals surface area (Å²) in [5.74, 6) is -0.491. The standard InChI is InChI=1S/C13H19NO5S/c1-19-11-6-8-12(9-7-11)20(17,18)14-10-4-2-3-5-13(15)16/h6-9,14H,2-5,10H2,1H3,(H,15,16)/p-1. The van der Waals surface area contributed by atoms with Crippen LogP contribution in [0, 0.1) is 0 Å². The van der Waals surface area contributed by atoms with E-state index >= 15 is 0 Å². The molecule has 1 N–H and O–H groups in total. The van der Waals surface area contributed by atoms with Gasteiger partial charge in [0.1, 0.15) is 5.75 Å². The summed E-state index contributed by atoms with van der Waals surface area (Å²) in [7, 11) is -2.01. The van der Waals surface area contributed by atoms with Gasteiger partial charge in [-0.15, -0.1) is 0 Å². The third-order valence-electron chi connectivity index (χ3n) is 2.72. The molecule has 1 aromatic carbocycles. The Kier molecular flexibility index (Phi) is 6.47. The first kappa shape index (κ1) is 16.5. The topological polar surface area (TPSA) is 95.5 Å². The Morgan fingerprint density at radius 1 is 1.20 bits per heavy atom. The molecule has 0 saturated heterocycles. The normalized spacial score (nSPS) is 11.2. The van der Waals surface area contributed by atoms with Crippen LogP contribution in [0.25, 0.3) is 0 Å². The number of carbonyl (C=O) groups excluding carboxylic acids is 1. The van der Waals surface area contributed by atoms with Gasteiger partial charge in [0.05, 0.1) is 12.0 Å². The van der Waals surface area contributed by atoms with Crippen molar-refractivity contribution in [1.29, 1.82) is 0 Å². The van der Waals surface area contributed by atoms with Crippen molar-refractivity contribution < 1.29 is 23.1 Å². The predicted molar refractivity (Wildman–Crippen MR) is 71.7 cm³/mol. The van der Waals surface area contributed by atoms with Crippen LogP contribution in [0.5, 0.6) is 5.75 Å². The molecule has 0 heterocycles. The number of benzene rings is 1. The van der Waals surface area contributed by atoms with E-state index in [9.17, 15) is 18.3 Å². The van der Waals surface area contributed by atoms with Crippen LogP contribution >= 0.6 is 0 Å². The lowest BCUT2D eigenvalue weighted by molar-refractivity contribution is -0.305. The Morgan fingerprint density at radius 2 is 1.85 bits per heavy atom. The lowest BCUT2D eigenvalue weighted by Crippen LogP contribution is -2.25. The first-order valence-electron chi connectivity index (χ1n) is 6.29. The molecule has 7 heteroatoms. The van der Waals surface area contributed by atoms with E-state index < -0.39 is 16.0 Å².